The molecule has 4 nitrogen and oxygen atoms in total. The summed E-state index contributed by atoms with van der Waals surface area (Å²) in [5.74, 6) is 0.147. The van der Waals surface area contributed by atoms with Gasteiger partial charge in [0.1, 0.15) is 18.4 Å². The summed E-state index contributed by atoms with van der Waals surface area (Å²) in [6, 6.07) is 4.95. The Bertz CT molecular complexity index is 364. The van der Waals surface area contributed by atoms with Gasteiger partial charge in [-0.15, -0.1) is 0 Å². The average Bonchev–Trinajstić information content (AvgIpc) is 2.19. The maximum absolute atomic E-state index is 10.7. The van der Waals surface area contributed by atoms with Crippen molar-refractivity contribution in [2.45, 2.75) is 19.9 Å². The van der Waals surface area contributed by atoms with Crippen molar-refractivity contribution in [2.75, 3.05) is 6.61 Å². The van der Waals surface area contributed by atoms with E-state index < -0.39 is 11.9 Å². The molecule has 15 heavy (non-hydrogen) atoms. The fourth-order valence-electron chi connectivity index (χ4n) is 1.07. The van der Waals surface area contributed by atoms with Gasteiger partial charge in [-0.3, -0.25) is 4.79 Å². The van der Waals surface area contributed by atoms with Crippen LogP contribution in [0.4, 0.5) is 0 Å². The molecule has 0 aliphatic carbocycles. The molecular formula is C11H16N2O2. The molecule has 1 amide bonds. The number of ether oxygens (including phenoxy) is 1. The van der Waals surface area contributed by atoms with E-state index in [1.807, 2.05) is 32.0 Å². The number of benzene rings is 1. The Morgan fingerprint density at radius 2 is 2.07 bits per heavy atom. The summed E-state index contributed by atoms with van der Waals surface area (Å²) < 4.78 is 5.34. The number of amides is 1. The average molecular weight is 208 g/mol. The van der Waals surface area contributed by atoms with Gasteiger partial charge in [0.05, 0.1) is 0 Å². The van der Waals surface area contributed by atoms with Crippen LogP contribution in [-0.4, -0.2) is 18.6 Å². The highest BCUT2D eigenvalue weighted by Crippen LogP contribution is 2.16. The van der Waals surface area contributed by atoms with E-state index in [0.717, 1.165) is 5.56 Å². The van der Waals surface area contributed by atoms with Crippen LogP contribution in [0, 0.1) is 13.8 Å². The van der Waals surface area contributed by atoms with Gasteiger partial charge in [0.25, 0.3) is 0 Å². The molecule has 1 atom stereocenters. The summed E-state index contributed by atoms with van der Waals surface area (Å²) in [6.07, 6.45) is 0. The van der Waals surface area contributed by atoms with Gasteiger partial charge in [-0.2, -0.15) is 0 Å². The molecule has 0 saturated heterocycles. The standard InChI is InChI=1S/C11H16N2O2/c1-7-3-4-9(5-8(7)2)15-6-10(12)11(13)14/h3-5,10H,6,12H2,1-2H3,(H2,13,14). The molecule has 4 N–H and O–H groups in total. The van der Waals surface area contributed by atoms with Crippen LogP contribution in [0.2, 0.25) is 0 Å². The quantitative estimate of drug-likeness (QED) is 0.756. The molecule has 1 rings (SSSR count). The zero-order valence-corrected chi connectivity index (χ0v) is 8.99. The van der Waals surface area contributed by atoms with Crippen molar-refractivity contribution in [3.05, 3.63) is 29.3 Å². The Morgan fingerprint density at radius 3 is 2.60 bits per heavy atom. The van der Waals surface area contributed by atoms with Crippen LogP contribution in [0.3, 0.4) is 0 Å². The molecule has 0 radical (unpaired) electrons. The Balaban J connectivity index is 2.58. The van der Waals surface area contributed by atoms with E-state index in [1.54, 1.807) is 0 Å². The van der Waals surface area contributed by atoms with Crippen molar-refractivity contribution in [1.29, 1.82) is 0 Å². The molecule has 1 aromatic carbocycles. The lowest BCUT2D eigenvalue weighted by Crippen LogP contribution is -2.41. The third-order valence-electron chi connectivity index (χ3n) is 2.27. The number of primary amides is 1. The van der Waals surface area contributed by atoms with Gasteiger partial charge < -0.3 is 16.2 Å². The Hall–Kier alpha value is -1.55. The number of carbonyl (C=O) groups is 1. The van der Waals surface area contributed by atoms with E-state index in [1.165, 1.54) is 5.56 Å². The largest absolute Gasteiger partial charge is 0.491 e. The second-order valence-electron chi connectivity index (χ2n) is 3.57. The van der Waals surface area contributed by atoms with Crippen molar-refractivity contribution in [3.8, 4) is 5.75 Å². The normalized spacial score (nSPS) is 12.2. The van der Waals surface area contributed by atoms with Gasteiger partial charge in [0.15, 0.2) is 0 Å². The van der Waals surface area contributed by atoms with E-state index >= 15 is 0 Å². The monoisotopic (exact) mass is 208 g/mol. The highest BCUT2D eigenvalue weighted by molar-refractivity contribution is 5.79. The first-order valence-corrected chi connectivity index (χ1v) is 4.75. The van der Waals surface area contributed by atoms with Crippen LogP contribution in [0.5, 0.6) is 5.75 Å². The highest BCUT2D eigenvalue weighted by Gasteiger charge is 2.09. The summed E-state index contributed by atoms with van der Waals surface area (Å²) in [4.78, 5) is 10.7. The van der Waals surface area contributed by atoms with Crippen molar-refractivity contribution >= 4 is 5.91 Å². The first-order chi connectivity index (χ1) is 7.00. The summed E-state index contributed by atoms with van der Waals surface area (Å²) in [5.41, 5.74) is 12.8. The van der Waals surface area contributed by atoms with E-state index in [9.17, 15) is 4.79 Å². The molecule has 0 aliphatic heterocycles. The molecule has 4 heteroatoms. The first-order valence-electron chi connectivity index (χ1n) is 4.75. The van der Waals surface area contributed by atoms with Crippen LogP contribution in [0.1, 0.15) is 11.1 Å². The first kappa shape index (κ1) is 11.5. The second kappa shape index (κ2) is 4.79. The molecule has 0 aromatic heterocycles. The van der Waals surface area contributed by atoms with Gasteiger partial charge >= 0.3 is 0 Å². The molecule has 0 saturated carbocycles. The van der Waals surface area contributed by atoms with Crippen molar-refractivity contribution in [3.63, 3.8) is 0 Å². The fraction of sp³-hybridized carbons (Fsp3) is 0.364. The fourth-order valence-corrected chi connectivity index (χ4v) is 1.07. The van der Waals surface area contributed by atoms with Crippen molar-refractivity contribution in [1.82, 2.24) is 0 Å². The second-order valence-corrected chi connectivity index (χ2v) is 3.57. The smallest absolute Gasteiger partial charge is 0.237 e. The van der Waals surface area contributed by atoms with Crippen molar-refractivity contribution in [2.24, 2.45) is 11.5 Å². The highest BCUT2D eigenvalue weighted by atomic mass is 16.5. The third-order valence-corrected chi connectivity index (χ3v) is 2.27. The number of rotatable bonds is 4. The third kappa shape index (κ3) is 3.25. The van der Waals surface area contributed by atoms with Crippen molar-refractivity contribution < 1.29 is 9.53 Å². The lowest BCUT2D eigenvalue weighted by Gasteiger charge is -2.11. The lowest BCUT2D eigenvalue weighted by atomic mass is 10.1. The van der Waals surface area contributed by atoms with Gasteiger partial charge in [0, 0.05) is 0 Å². The van der Waals surface area contributed by atoms with Gasteiger partial charge in [-0.25, -0.2) is 0 Å². The van der Waals surface area contributed by atoms with Crippen LogP contribution >= 0.6 is 0 Å². The molecule has 0 fully saturated rings. The van der Waals surface area contributed by atoms with Gasteiger partial charge in [-0.1, -0.05) is 6.07 Å². The Labute approximate surface area is 89.2 Å². The van der Waals surface area contributed by atoms with E-state index in [4.69, 9.17) is 16.2 Å². The summed E-state index contributed by atoms with van der Waals surface area (Å²) >= 11 is 0. The minimum Gasteiger partial charge on any atom is -0.491 e. The zero-order chi connectivity index (χ0) is 11.4. The number of carbonyl (C=O) groups excluding carboxylic acids is 1. The minimum atomic E-state index is -0.758. The van der Waals surface area contributed by atoms with E-state index in [0.29, 0.717) is 5.75 Å². The molecular weight excluding hydrogens is 192 g/mol. The maximum Gasteiger partial charge on any atom is 0.237 e. The Kier molecular flexibility index (Phi) is 3.68. The molecule has 1 aromatic rings. The molecule has 82 valence electrons. The predicted molar refractivity (Wildman–Crippen MR) is 58.6 cm³/mol. The SMILES string of the molecule is Cc1ccc(OCC(N)C(N)=O)cc1C. The predicted octanol–water partition coefficient (Wildman–Crippen LogP) is 0.495. The molecule has 0 spiro atoms. The Morgan fingerprint density at radius 1 is 1.40 bits per heavy atom. The van der Waals surface area contributed by atoms with Gasteiger partial charge in [0.2, 0.25) is 5.91 Å². The van der Waals surface area contributed by atoms with Crippen LogP contribution in [0.15, 0.2) is 18.2 Å². The maximum atomic E-state index is 10.7. The zero-order valence-electron chi connectivity index (χ0n) is 8.99. The molecule has 1 unspecified atom stereocenters. The summed E-state index contributed by atoms with van der Waals surface area (Å²) in [5, 5.41) is 0. The summed E-state index contributed by atoms with van der Waals surface area (Å²) in [7, 11) is 0. The minimum absolute atomic E-state index is 0.109. The van der Waals surface area contributed by atoms with E-state index in [2.05, 4.69) is 0 Å². The number of nitrogens with two attached hydrogens (primary N) is 2. The van der Waals surface area contributed by atoms with Gasteiger partial charge in [-0.05, 0) is 37.1 Å². The lowest BCUT2D eigenvalue weighted by molar-refractivity contribution is -0.119. The molecule has 0 bridgehead atoms. The topological polar surface area (TPSA) is 78.3 Å². The van der Waals surface area contributed by atoms with Crippen LogP contribution in [-0.2, 0) is 4.79 Å². The number of hydrogen-bond acceptors (Lipinski definition) is 3. The van der Waals surface area contributed by atoms with E-state index in [-0.39, 0.29) is 6.61 Å². The number of hydrogen-bond donors (Lipinski definition) is 2. The van der Waals surface area contributed by atoms with Crippen LogP contribution < -0.4 is 16.2 Å². The summed E-state index contributed by atoms with van der Waals surface area (Å²) in [6.45, 7) is 4.13. The number of aryl methyl sites for hydroxylation is 2. The molecule has 0 heterocycles. The van der Waals surface area contributed by atoms with Crippen LogP contribution in [0.25, 0.3) is 0 Å². The molecule has 0 aliphatic rings.